The van der Waals surface area contributed by atoms with Crippen LogP contribution in [0.5, 0.6) is 0 Å². The number of rotatable bonds is 5. The smallest absolute Gasteiger partial charge is 0.256 e. The number of benzene rings is 1. The summed E-state index contributed by atoms with van der Waals surface area (Å²) < 4.78 is 14.5. The molecule has 1 aromatic carbocycles. The molecule has 0 atom stereocenters. The van der Waals surface area contributed by atoms with E-state index in [2.05, 4.69) is 16.5 Å². The number of carbonyl (C=O) groups excluding carboxylic acids is 1. The van der Waals surface area contributed by atoms with Crippen LogP contribution in [0.15, 0.2) is 35.9 Å². The van der Waals surface area contributed by atoms with E-state index in [1.165, 1.54) is 35.2 Å². The maximum Gasteiger partial charge on any atom is 0.256 e. The Hall–Kier alpha value is -2.14. The fourth-order valence-electron chi connectivity index (χ4n) is 3.07. The van der Waals surface area contributed by atoms with Crippen LogP contribution in [-0.4, -0.2) is 22.2 Å². The van der Waals surface area contributed by atoms with Crippen molar-refractivity contribution in [3.05, 3.63) is 58.1 Å². The topological polar surface area (TPSA) is 46.9 Å². The van der Waals surface area contributed by atoms with Gasteiger partial charge in [0.15, 0.2) is 0 Å². The van der Waals surface area contributed by atoms with E-state index in [1.807, 2.05) is 0 Å². The molecule has 6 heteroatoms. The van der Waals surface area contributed by atoms with Gasteiger partial charge in [-0.05, 0) is 63.3 Å². The zero-order valence-corrected chi connectivity index (χ0v) is 14.9. The summed E-state index contributed by atoms with van der Waals surface area (Å²) in [4.78, 5) is 12.5. The maximum atomic E-state index is 13.1. The summed E-state index contributed by atoms with van der Waals surface area (Å²) in [5, 5.41) is 7.48. The van der Waals surface area contributed by atoms with Crippen molar-refractivity contribution in [2.45, 2.75) is 39.0 Å². The van der Waals surface area contributed by atoms with Crippen LogP contribution in [0.1, 0.15) is 48.2 Å². The summed E-state index contributed by atoms with van der Waals surface area (Å²) in [6.45, 7) is 2.33. The van der Waals surface area contributed by atoms with Crippen molar-refractivity contribution in [2.75, 3.05) is 6.54 Å². The van der Waals surface area contributed by atoms with Gasteiger partial charge in [-0.3, -0.25) is 4.79 Å². The highest BCUT2D eigenvalue weighted by atomic mass is 35.5. The Kier molecular flexibility index (Phi) is 5.53. The van der Waals surface area contributed by atoms with Crippen LogP contribution in [0.25, 0.3) is 5.69 Å². The number of carbonyl (C=O) groups is 1. The summed E-state index contributed by atoms with van der Waals surface area (Å²) in [6, 6.07) is 5.82. The lowest BCUT2D eigenvalue weighted by Crippen LogP contribution is -2.25. The molecule has 2 aromatic rings. The molecule has 1 N–H and O–H groups in total. The fraction of sp³-hybridized carbons (Fsp3) is 0.368. The molecule has 1 aromatic heterocycles. The highest BCUT2D eigenvalue weighted by molar-refractivity contribution is 6.33. The van der Waals surface area contributed by atoms with Crippen molar-refractivity contribution in [1.82, 2.24) is 15.1 Å². The van der Waals surface area contributed by atoms with Crippen LogP contribution in [0.2, 0.25) is 5.15 Å². The molecular weight excluding hydrogens is 341 g/mol. The van der Waals surface area contributed by atoms with Crippen molar-refractivity contribution in [1.29, 1.82) is 0 Å². The lowest BCUT2D eigenvalue weighted by atomic mass is 9.97. The van der Waals surface area contributed by atoms with Gasteiger partial charge in [0.2, 0.25) is 0 Å². The minimum absolute atomic E-state index is 0.229. The molecule has 132 valence electrons. The minimum Gasteiger partial charge on any atom is -0.352 e. The molecule has 25 heavy (non-hydrogen) atoms. The summed E-state index contributed by atoms with van der Waals surface area (Å²) >= 11 is 6.36. The lowest BCUT2D eigenvalue weighted by Gasteiger charge is -2.13. The molecule has 0 spiro atoms. The fourth-order valence-corrected chi connectivity index (χ4v) is 3.43. The van der Waals surface area contributed by atoms with E-state index in [9.17, 15) is 9.18 Å². The predicted molar refractivity (Wildman–Crippen MR) is 96.8 cm³/mol. The Morgan fingerprint density at radius 3 is 2.76 bits per heavy atom. The average molecular weight is 362 g/mol. The van der Waals surface area contributed by atoms with E-state index in [1.54, 1.807) is 19.1 Å². The third kappa shape index (κ3) is 4.10. The number of allylic oxidation sites excluding steroid dienone is 1. The minimum atomic E-state index is -0.335. The summed E-state index contributed by atoms with van der Waals surface area (Å²) in [5.41, 5.74) is 2.93. The zero-order valence-electron chi connectivity index (χ0n) is 14.2. The number of aromatic nitrogens is 2. The number of aryl methyl sites for hydroxylation is 1. The molecule has 0 unspecified atom stereocenters. The van der Waals surface area contributed by atoms with Crippen molar-refractivity contribution < 1.29 is 9.18 Å². The van der Waals surface area contributed by atoms with Crippen molar-refractivity contribution in [3.63, 3.8) is 0 Å². The Morgan fingerprint density at radius 1 is 1.32 bits per heavy atom. The lowest BCUT2D eigenvalue weighted by molar-refractivity contribution is 0.0953. The van der Waals surface area contributed by atoms with Gasteiger partial charge in [0.1, 0.15) is 11.0 Å². The van der Waals surface area contributed by atoms with Gasteiger partial charge < -0.3 is 5.32 Å². The molecule has 3 rings (SSSR count). The van der Waals surface area contributed by atoms with E-state index in [0.29, 0.717) is 23.5 Å². The number of nitrogens with one attached hydrogen (secondary N) is 1. The Balaban J connectivity index is 1.70. The molecule has 4 nitrogen and oxygen atoms in total. The standard InChI is InChI=1S/C19H21ClFN3O/c1-13-17(19(25)22-12-11-14-5-3-2-4-6-14)18(20)24(23-13)16-9-7-15(21)8-10-16/h5,7-10H,2-4,6,11-12H2,1H3,(H,22,25). The second-order valence-electron chi connectivity index (χ2n) is 6.25. The summed E-state index contributed by atoms with van der Waals surface area (Å²) in [7, 11) is 0. The zero-order chi connectivity index (χ0) is 17.8. The Morgan fingerprint density at radius 2 is 2.08 bits per heavy atom. The van der Waals surface area contributed by atoms with Crippen LogP contribution in [0.4, 0.5) is 4.39 Å². The predicted octanol–water partition coefficient (Wildman–Crippen LogP) is 4.59. The Labute approximate surface area is 151 Å². The van der Waals surface area contributed by atoms with E-state index in [0.717, 1.165) is 19.3 Å². The van der Waals surface area contributed by atoms with Crippen LogP contribution in [0.3, 0.4) is 0 Å². The van der Waals surface area contributed by atoms with Gasteiger partial charge in [0, 0.05) is 6.54 Å². The molecule has 0 bridgehead atoms. The number of halogens is 2. The Bertz CT molecular complexity index is 796. The van der Waals surface area contributed by atoms with Crippen LogP contribution in [0, 0.1) is 12.7 Å². The van der Waals surface area contributed by atoms with Crippen LogP contribution >= 0.6 is 11.6 Å². The first-order valence-corrected chi connectivity index (χ1v) is 8.91. The first kappa shape index (κ1) is 17.7. The van der Waals surface area contributed by atoms with Crippen LogP contribution in [-0.2, 0) is 0 Å². The monoisotopic (exact) mass is 361 g/mol. The van der Waals surface area contributed by atoms with E-state index >= 15 is 0 Å². The summed E-state index contributed by atoms with van der Waals surface area (Å²) in [5.74, 6) is -0.564. The number of hydrogen-bond acceptors (Lipinski definition) is 2. The largest absolute Gasteiger partial charge is 0.352 e. The second kappa shape index (κ2) is 7.83. The highest BCUT2D eigenvalue weighted by Gasteiger charge is 2.21. The van der Waals surface area contributed by atoms with Crippen LogP contribution < -0.4 is 5.32 Å². The van der Waals surface area contributed by atoms with Gasteiger partial charge in [-0.15, -0.1) is 0 Å². The van der Waals surface area contributed by atoms with Crippen molar-refractivity contribution in [2.24, 2.45) is 0 Å². The van der Waals surface area contributed by atoms with Gasteiger partial charge in [-0.2, -0.15) is 5.10 Å². The quantitative estimate of drug-likeness (QED) is 0.791. The van der Waals surface area contributed by atoms with Gasteiger partial charge in [0.25, 0.3) is 5.91 Å². The van der Waals surface area contributed by atoms with Gasteiger partial charge in [-0.25, -0.2) is 9.07 Å². The molecular formula is C19H21ClFN3O. The summed E-state index contributed by atoms with van der Waals surface area (Å²) in [6.07, 6.45) is 7.90. The normalized spacial score (nSPS) is 14.3. The molecule has 0 fully saturated rings. The number of hydrogen-bond donors (Lipinski definition) is 1. The first-order chi connectivity index (χ1) is 12.1. The first-order valence-electron chi connectivity index (χ1n) is 8.53. The molecule has 1 amide bonds. The average Bonchev–Trinajstić information content (AvgIpc) is 2.91. The maximum absolute atomic E-state index is 13.1. The molecule has 0 radical (unpaired) electrons. The number of amides is 1. The molecule has 0 aliphatic heterocycles. The molecule has 1 aliphatic rings. The highest BCUT2D eigenvalue weighted by Crippen LogP contribution is 2.24. The molecule has 0 saturated carbocycles. The van der Waals surface area contributed by atoms with Gasteiger partial charge >= 0.3 is 0 Å². The van der Waals surface area contributed by atoms with E-state index in [4.69, 9.17) is 11.6 Å². The number of nitrogens with zero attached hydrogens (tertiary/aromatic N) is 2. The van der Waals surface area contributed by atoms with E-state index in [-0.39, 0.29) is 16.9 Å². The third-order valence-corrected chi connectivity index (χ3v) is 4.77. The molecule has 1 heterocycles. The van der Waals surface area contributed by atoms with Crippen molar-refractivity contribution >= 4 is 17.5 Å². The van der Waals surface area contributed by atoms with Gasteiger partial charge in [-0.1, -0.05) is 23.3 Å². The molecule has 0 saturated heterocycles. The second-order valence-corrected chi connectivity index (χ2v) is 6.61. The third-order valence-electron chi connectivity index (χ3n) is 4.42. The van der Waals surface area contributed by atoms with E-state index < -0.39 is 0 Å². The SMILES string of the molecule is Cc1nn(-c2ccc(F)cc2)c(Cl)c1C(=O)NCCC1=CCCCC1. The molecule has 1 aliphatic carbocycles. The van der Waals surface area contributed by atoms with Crippen molar-refractivity contribution in [3.8, 4) is 5.69 Å². The van der Waals surface area contributed by atoms with Gasteiger partial charge in [0.05, 0.1) is 16.9 Å².